The maximum absolute atomic E-state index is 15.6. The van der Waals surface area contributed by atoms with Crippen LogP contribution in [-0.2, 0) is 78.3 Å². The van der Waals surface area contributed by atoms with E-state index in [9.17, 15) is 68.1 Å². The molecule has 2 aromatic carbocycles. The van der Waals surface area contributed by atoms with Crippen molar-refractivity contribution < 1.29 is 87.2 Å². The van der Waals surface area contributed by atoms with Crippen molar-refractivity contribution in [2.45, 2.75) is 216 Å². The lowest BCUT2D eigenvalue weighted by molar-refractivity contribution is -0.149. The molecule has 5 aliphatic heterocycles. The zero-order valence-corrected chi connectivity index (χ0v) is 64.8. The molecule has 5 aliphatic rings. The Hall–Kier alpha value is -9.66. The lowest BCUT2D eigenvalue weighted by Gasteiger charge is -2.35. The summed E-state index contributed by atoms with van der Waals surface area (Å²) in [6.07, 6.45) is -1.13. The number of hydrogen-bond acceptors (Lipinski definition) is 21. The van der Waals surface area contributed by atoms with Crippen LogP contribution in [0.25, 0.3) is 11.1 Å². The van der Waals surface area contributed by atoms with Gasteiger partial charge in [0.15, 0.2) is 5.96 Å². The number of carboxylic acid groups (broad SMARTS) is 1. The van der Waals surface area contributed by atoms with E-state index in [1.165, 1.54) is 14.7 Å². The van der Waals surface area contributed by atoms with Crippen molar-refractivity contribution in [1.29, 1.82) is 0 Å². The number of carbonyl (C=O) groups is 15. The minimum atomic E-state index is -1.95. The summed E-state index contributed by atoms with van der Waals surface area (Å²) >= 11 is 0. The number of carboxylic acids is 1. The number of nitrogens with one attached hydrogen (secondary N) is 11. The summed E-state index contributed by atoms with van der Waals surface area (Å²) in [6, 6.07) is -3.70. The van der Waals surface area contributed by atoms with Crippen LogP contribution in [0.4, 0.5) is 0 Å². The van der Waals surface area contributed by atoms with E-state index >= 15 is 19.2 Å². The number of amides is 14. The van der Waals surface area contributed by atoms with E-state index in [0.717, 1.165) is 39.6 Å². The predicted molar refractivity (Wildman–Crippen MR) is 410 cm³/mol. The van der Waals surface area contributed by atoms with E-state index < -0.39 is 216 Å². The van der Waals surface area contributed by atoms with Crippen LogP contribution in [0, 0.1) is 11.8 Å². The highest BCUT2D eigenvalue weighted by Gasteiger charge is 2.47. The summed E-state index contributed by atoms with van der Waals surface area (Å²) in [5.74, 6) is -17.4. The second-order valence-corrected chi connectivity index (χ2v) is 31.1. The Morgan fingerprint density at radius 3 is 1.58 bits per heavy atom. The lowest BCUT2D eigenvalue weighted by Crippen LogP contribution is -2.62. The fourth-order valence-corrected chi connectivity index (χ4v) is 16.1. The number of guanidine groups is 1. The van der Waals surface area contributed by atoms with Crippen molar-refractivity contribution in [1.82, 2.24) is 73.2 Å². The molecule has 5 heterocycles. The number of hydrogen-bond donors (Lipinski definition) is 17. The smallest absolute Gasteiger partial charge is 0.305 e. The number of unbranched alkanes of at least 4 members (excludes halogenated alkanes) is 1. The van der Waals surface area contributed by atoms with E-state index in [4.69, 9.17) is 17.2 Å². The van der Waals surface area contributed by atoms with Crippen molar-refractivity contribution in [3.8, 4) is 11.1 Å². The zero-order chi connectivity index (χ0) is 81.2. The van der Waals surface area contributed by atoms with Crippen LogP contribution in [0.3, 0.4) is 0 Å². The fourth-order valence-electron chi connectivity index (χ4n) is 13.8. The molecule has 2 aromatic rings. The van der Waals surface area contributed by atoms with Gasteiger partial charge in [-0.25, -0.2) is 0 Å². The van der Waals surface area contributed by atoms with Crippen molar-refractivity contribution >= 4 is 116 Å². The molecule has 0 spiro atoms. The van der Waals surface area contributed by atoms with Crippen LogP contribution in [0.1, 0.15) is 130 Å². The summed E-state index contributed by atoms with van der Waals surface area (Å²) in [7, 11) is 1.70. The maximum Gasteiger partial charge on any atom is 0.305 e. The van der Waals surface area contributed by atoms with Gasteiger partial charge in [-0.15, -0.1) is 0 Å². The maximum atomic E-state index is 15.6. The van der Waals surface area contributed by atoms with Gasteiger partial charge in [-0.05, 0) is 113 Å². The molecular weight excluding hydrogens is 1480 g/mol. The minimum Gasteiger partial charge on any atom is -0.481 e. The van der Waals surface area contributed by atoms with Crippen LogP contribution in [0.15, 0.2) is 59.6 Å². The van der Waals surface area contributed by atoms with E-state index in [1.54, 1.807) is 52.0 Å². The molecule has 0 aliphatic carbocycles. The predicted octanol–water partition coefficient (Wildman–Crippen LogP) is -3.64. The first-order valence-electron chi connectivity index (χ1n) is 37.9. The molecule has 111 heavy (non-hydrogen) atoms. The Morgan fingerprint density at radius 2 is 0.991 bits per heavy atom. The topological polar surface area (TPSA) is 549 Å². The van der Waals surface area contributed by atoms with E-state index in [-0.39, 0.29) is 103 Å². The standard InChI is InChI=1S/C73H108N18O18S2/c1-6-39(3)57-68(105)85-50-37-110-111-38-51(65(102)88-59(41(5)93)69(106)80-46(19-11-12-28-74)62(99)83-49(36-92)63(100)87-58(40(4)7-2)72(109)91-32-16-23-54(91)71(108)90-31-15-22-53(90)67(104)86-57)84-61(98)45(20-13-29-77-73(75)76)79-55(94)35-78-60(97)47(34-56(95)96)81-66(103)52-21-14-30-89(52)70(107)48(82-64(50)101)33-42-24-26-44(27-25-42)43-17-9-8-10-18-43/h8-10,17-18,24-27,39-41,45-54,57-59,92-93H,6-7,11-16,19-23,28-38,74H2,1-5H3,(H,78,97)(H,79,94)(H,80,106)(H,81,103)(H,82,101)(H,83,99)(H,84,98)(H,85,105)(H,86,104)(H,87,100)(H,88,102)(H,95,96)(H4,75,76,77)/t39-,40-,41+,45-,46-,47-,48-,49-,50-,51-,52+,53-,54-,57-,58-,59-/m0/s1. The average molecular weight is 1590 g/mol. The summed E-state index contributed by atoms with van der Waals surface area (Å²) in [6.45, 7) is 6.19. The highest BCUT2D eigenvalue weighted by atomic mass is 33.1. The number of aliphatic imine (C=N–C) groups is 1. The molecule has 5 fully saturated rings. The number of carbonyl (C=O) groups excluding carboxylic acids is 14. The van der Waals surface area contributed by atoms with Gasteiger partial charge >= 0.3 is 5.97 Å². The fraction of sp³-hybridized carbons (Fsp3) is 0.616. The first-order valence-corrected chi connectivity index (χ1v) is 40.3. The second-order valence-electron chi connectivity index (χ2n) is 28.6. The molecule has 5 saturated heterocycles. The van der Waals surface area contributed by atoms with Gasteiger partial charge in [0, 0.05) is 44.1 Å². The van der Waals surface area contributed by atoms with Gasteiger partial charge < -0.3 is 106 Å². The Labute approximate surface area is 651 Å². The largest absolute Gasteiger partial charge is 0.481 e. The van der Waals surface area contributed by atoms with Gasteiger partial charge in [0.25, 0.3) is 0 Å². The summed E-state index contributed by atoms with van der Waals surface area (Å²) in [5.41, 5.74) is 19.2. The second kappa shape index (κ2) is 43.2. The Kier molecular flexibility index (Phi) is 34.5. The third-order valence-corrected chi connectivity index (χ3v) is 22.9. The number of aliphatic hydroxyl groups is 2. The van der Waals surface area contributed by atoms with E-state index in [0.29, 0.717) is 31.2 Å². The number of nitrogens with zero attached hydrogens (tertiary/aromatic N) is 4. The summed E-state index contributed by atoms with van der Waals surface area (Å²) in [4.78, 5) is 227. The molecular formula is C73H108N18O18S2. The minimum absolute atomic E-state index is 0.00802. The van der Waals surface area contributed by atoms with Gasteiger partial charge in [-0.1, -0.05) is 117 Å². The average Bonchev–Trinajstić information content (AvgIpc) is 1.59. The molecule has 0 unspecified atom stereocenters. The molecule has 2 bridgehead atoms. The molecule has 7 rings (SSSR count). The highest BCUT2D eigenvalue weighted by Crippen LogP contribution is 2.30. The Balaban J connectivity index is 1.36. The number of benzene rings is 2. The number of aliphatic hydroxyl groups excluding tert-OH is 2. The lowest BCUT2D eigenvalue weighted by atomic mass is 9.96. The third-order valence-electron chi connectivity index (χ3n) is 20.5. The van der Waals surface area contributed by atoms with Gasteiger partial charge in [0.1, 0.15) is 78.5 Å². The summed E-state index contributed by atoms with van der Waals surface area (Å²) < 4.78 is 0. The number of aliphatic carboxylic acids is 1. The Bertz CT molecular complexity index is 3670. The molecule has 14 amide bonds. The molecule has 16 atom stereocenters. The van der Waals surface area contributed by atoms with Crippen molar-refractivity contribution in [3.05, 3.63) is 60.2 Å². The molecule has 36 nitrogen and oxygen atoms in total. The van der Waals surface area contributed by atoms with E-state index in [1.807, 2.05) is 30.3 Å². The Morgan fingerprint density at radius 1 is 0.514 bits per heavy atom. The SMILES string of the molecule is CC[C@H](C)[C@@H]1NC(=O)[C@@H]2CCCN2C(=O)[C@@H]2CCCN2C(=O)[C@H]([C@@H](C)CC)NC(=O)[C@H](CO)NC(=O)[C@H](CCCCN)NC(=O)[C@H]([C@@H](C)O)NC(=O)[C@@H]2CSSC[C@H](NC1=O)C(=O)N[C@@H](Cc1ccc(-c3ccccc3)cc1)C(=O)N1CCC[C@@H]1C(=O)N[C@@H](CC(=O)O)C(=O)NCC(=O)N[C@@H](CCCN=C(N)N)C(=O)N2. The van der Waals surface area contributed by atoms with Crippen molar-refractivity contribution in [2.24, 2.45) is 34.0 Å². The first kappa shape index (κ1) is 88.6. The monoisotopic (exact) mass is 1590 g/mol. The van der Waals surface area contributed by atoms with Crippen LogP contribution >= 0.6 is 21.6 Å². The number of nitrogens with two attached hydrogens (primary N) is 3. The molecule has 0 saturated carbocycles. The first-order chi connectivity index (χ1) is 53.0. The zero-order valence-electron chi connectivity index (χ0n) is 63.2. The van der Waals surface area contributed by atoms with Crippen molar-refractivity contribution in [2.75, 3.05) is 57.4 Å². The van der Waals surface area contributed by atoms with Gasteiger partial charge in [0.05, 0.1) is 25.7 Å². The molecule has 20 N–H and O–H groups in total. The van der Waals surface area contributed by atoms with Gasteiger partial charge in [-0.3, -0.25) is 76.9 Å². The molecule has 0 radical (unpaired) electrons. The number of rotatable bonds is 19. The molecule has 0 aromatic heterocycles. The van der Waals surface area contributed by atoms with Crippen LogP contribution in [0.2, 0.25) is 0 Å². The molecule has 38 heteroatoms. The van der Waals surface area contributed by atoms with Crippen LogP contribution in [0.5, 0.6) is 0 Å². The molecule has 610 valence electrons. The van der Waals surface area contributed by atoms with Gasteiger partial charge in [0.2, 0.25) is 82.7 Å². The van der Waals surface area contributed by atoms with Crippen LogP contribution < -0.4 is 75.7 Å². The van der Waals surface area contributed by atoms with Crippen molar-refractivity contribution in [3.63, 3.8) is 0 Å². The normalized spacial score (nSPS) is 27.6. The van der Waals surface area contributed by atoms with Gasteiger partial charge in [-0.2, -0.15) is 0 Å². The quantitative estimate of drug-likeness (QED) is 0.0279. The van der Waals surface area contributed by atoms with Crippen LogP contribution in [-0.4, -0.2) is 267 Å². The number of fused-ring (bicyclic) bond motifs is 8. The highest BCUT2D eigenvalue weighted by molar-refractivity contribution is 8.76. The third kappa shape index (κ3) is 25.2. The summed E-state index contributed by atoms with van der Waals surface area (Å²) in [5, 5.41) is 60.4. The van der Waals surface area contributed by atoms with E-state index in [2.05, 4.69) is 63.5 Å².